The molecule has 0 saturated carbocycles. The number of nitrogens with one attached hydrogen (secondary N) is 1. The molecule has 0 aromatic heterocycles. The van der Waals surface area contributed by atoms with Crippen LogP contribution in [0.15, 0.2) is 0 Å². The van der Waals surface area contributed by atoms with Crippen LogP contribution in [0.2, 0.25) is 0 Å². The predicted molar refractivity (Wildman–Crippen MR) is 71.3 cm³/mol. The van der Waals surface area contributed by atoms with E-state index in [-0.39, 0.29) is 0 Å². The van der Waals surface area contributed by atoms with E-state index < -0.39 is 0 Å². The molecule has 3 unspecified atom stereocenters. The number of ether oxygens (including phenoxy) is 1. The van der Waals surface area contributed by atoms with E-state index in [2.05, 4.69) is 24.2 Å². The fourth-order valence-corrected chi connectivity index (χ4v) is 3.38. The van der Waals surface area contributed by atoms with Crippen LogP contribution in [0, 0.1) is 5.92 Å². The summed E-state index contributed by atoms with van der Waals surface area (Å²) in [5.74, 6) is 0.769. The molecule has 0 aromatic rings. The maximum absolute atomic E-state index is 5.55. The fraction of sp³-hybridized carbons (Fsp3) is 1.00. The number of hydrogen-bond acceptors (Lipinski definition) is 3. The SMILES string of the molecule is CNCCC1CCCCN1C(C)C1CCOC1. The van der Waals surface area contributed by atoms with Crippen LogP contribution in [0.5, 0.6) is 0 Å². The van der Waals surface area contributed by atoms with E-state index in [9.17, 15) is 0 Å². The molecule has 2 heterocycles. The highest BCUT2D eigenvalue weighted by Crippen LogP contribution is 2.28. The average molecular weight is 240 g/mol. The van der Waals surface area contributed by atoms with E-state index in [1.807, 2.05) is 0 Å². The van der Waals surface area contributed by atoms with Gasteiger partial charge >= 0.3 is 0 Å². The van der Waals surface area contributed by atoms with Gasteiger partial charge in [-0.2, -0.15) is 0 Å². The molecule has 0 spiro atoms. The first-order valence-electron chi connectivity index (χ1n) is 7.31. The number of nitrogens with zero attached hydrogens (tertiary/aromatic N) is 1. The van der Waals surface area contributed by atoms with Gasteiger partial charge in [-0.25, -0.2) is 0 Å². The Morgan fingerprint density at radius 1 is 1.35 bits per heavy atom. The van der Waals surface area contributed by atoms with Gasteiger partial charge in [-0.15, -0.1) is 0 Å². The van der Waals surface area contributed by atoms with Crippen LogP contribution in [-0.4, -0.2) is 50.3 Å². The molecule has 0 radical (unpaired) electrons. The third-order valence-corrected chi connectivity index (χ3v) is 4.57. The highest BCUT2D eigenvalue weighted by Gasteiger charge is 2.32. The predicted octanol–water partition coefficient (Wildman–Crippen LogP) is 1.88. The van der Waals surface area contributed by atoms with Gasteiger partial charge in [0.2, 0.25) is 0 Å². The Bertz CT molecular complexity index is 216. The topological polar surface area (TPSA) is 24.5 Å². The van der Waals surface area contributed by atoms with E-state index >= 15 is 0 Å². The van der Waals surface area contributed by atoms with E-state index in [0.717, 1.165) is 31.7 Å². The Balaban J connectivity index is 1.89. The summed E-state index contributed by atoms with van der Waals surface area (Å²) in [6.45, 7) is 6.82. The van der Waals surface area contributed by atoms with Crippen LogP contribution in [0.3, 0.4) is 0 Å². The molecule has 17 heavy (non-hydrogen) atoms. The van der Waals surface area contributed by atoms with Gasteiger partial charge < -0.3 is 10.1 Å². The summed E-state index contributed by atoms with van der Waals surface area (Å²) in [4.78, 5) is 2.76. The second kappa shape index (κ2) is 6.72. The summed E-state index contributed by atoms with van der Waals surface area (Å²) in [6, 6.07) is 1.51. The average Bonchev–Trinajstić information content (AvgIpc) is 2.89. The van der Waals surface area contributed by atoms with Gasteiger partial charge in [0.25, 0.3) is 0 Å². The lowest BCUT2D eigenvalue weighted by Gasteiger charge is -2.42. The minimum absolute atomic E-state index is 0.708. The molecule has 3 nitrogen and oxygen atoms in total. The maximum atomic E-state index is 5.55. The largest absolute Gasteiger partial charge is 0.381 e. The molecule has 0 aliphatic carbocycles. The zero-order valence-corrected chi connectivity index (χ0v) is 11.5. The highest BCUT2D eigenvalue weighted by molar-refractivity contribution is 4.86. The van der Waals surface area contributed by atoms with Gasteiger partial charge in [0, 0.05) is 18.7 Å². The Kier molecular flexibility index (Phi) is 5.26. The van der Waals surface area contributed by atoms with Gasteiger partial charge in [-0.1, -0.05) is 6.42 Å². The quantitative estimate of drug-likeness (QED) is 0.794. The van der Waals surface area contributed by atoms with Crippen molar-refractivity contribution in [1.29, 1.82) is 0 Å². The van der Waals surface area contributed by atoms with Crippen LogP contribution >= 0.6 is 0 Å². The van der Waals surface area contributed by atoms with Gasteiger partial charge in [0.05, 0.1) is 6.61 Å². The molecule has 1 N–H and O–H groups in total. The van der Waals surface area contributed by atoms with Crippen molar-refractivity contribution in [3.8, 4) is 0 Å². The molecule has 100 valence electrons. The summed E-state index contributed by atoms with van der Waals surface area (Å²) in [6.07, 6.45) is 6.75. The number of hydrogen-bond donors (Lipinski definition) is 1. The molecule has 3 atom stereocenters. The van der Waals surface area contributed by atoms with Crippen LogP contribution in [0.1, 0.15) is 39.0 Å². The van der Waals surface area contributed by atoms with E-state index in [4.69, 9.17) is 4.74 Å². The first kappa shape index (κ1) is 13.3. The number of likely N-dealkylation sites (tertiary alicyclic amines) is 1. The Hall–Kier alpha value is -0.120. The smallest absolute Gasteiger partial charge is 0.0509 e. The Labute approximate surface area is 106 Å². The Morgan fingerprint density at radius 2 is 2.24 bits per heavy atom. The second-order valence-corrected chi connectivity index (χ2v) is 5.64. The van der Waals surface area contributed by atoms with E-state index in [0.29, 0.717) is 6.04 Å². The maximum Gasteiger partial charge on any atom is 0.0509 e. The van der Waals surface area contributed by atoms with Crippen molar-refractivity contribution in [2.75, 3.05) is 33.4 Å². The molecule has 0 aromatic carbocycles. The van der Waals surface area contributed by atoms with Crippen LogP contribution in [-0.2, 0) is 4.74 Å². The normalized spacial score (nSPS) is 32.8. The lowest BCUT2D eigenvalue weighted by atomic mass is 9.92. The molecule has 2 fully saturated rings. The summed E-state index contributed by atoms with van der Waals surface area (Å²) < 4.78 is 5.55. The summed E-state index contributed by atoms with van der Waals surface area (Å²) in [5.41, 5.74) is 0. The Morgan fingerprint density at radius 3 is 2.94 bits per heavy atom. The van der Waals surface area contributed by atoms with Crippen molar-refractivity contribution in [3.63, 3.8) is 0 Å². The van der Waals surface area contributed by atoms with E-state index in [1.54, 1.807) is 0 Å². The van der Waals surface area contributed by atoms with Crippen molar-refractivity contribution in [2.45, 2.75) is 51.1 Å². The van der Waals surface area contributed by atoms with Gasteiger partial charge in [-0.3, -0.25) is 4.90 Å². The lowest BCUT2D eigenvalue weighted by molar-refractivity contribution is 0.0601. The van der Waals surface area contributed by atoms with Gasteiger partial charge in [-0.05, 0) is 58.7 Å². The minimum Gasteiger partial charge on any atom is -0.381 e. The number of piperidine rings is 1. The van der Waals surface area contributed by atoms with Gasteiger partial charge in [0.15, 0.2) is 0 Å². The van der Waals surface area contributed by atoms with Crippen molar-refractivity contribution in [3.05, 3.63) is 0 Å². The van der Waals surface area contributed by atoms with Crippen molar-refractivity contribution < 1.29 is 4.74 Å². The molecule has 0 amide bonds. The fourth-order valence-electron chi connectivity index (χ4n) is 3.38. The first-order valence-corrected chi connectivity index (χ1v) is 7.31. The van der Waals surface area contributed by atoms with Crippen molar-refractivity contribution in [2.24, 2.45) is 5.92 Å². The zero-order valence-electron chi connectivity index (χ0n) is 11.5. The number of rotatable bonds is 5. The standard InChI is InChI=1S/C14H28N2O/c1-12(13-7-10-17-11-13)16-9-4-3-5-14(16)6-8-15-2/h12-15H,3-11H2,1-2H3. The third kappa shape index (κ3) is 3.43. The van der Waals surface area contributed by atoms with Gasteiger partial charge in [0.1, 0.15) is 0 Å². The van der Waals surface area contributed by atoms with Crippen molar-refractivity contribution in [1.82, 2.24) is 10.2 Å². The molecule has 2 rings (SSSR count). The molecular weight excluding hydrogens is 212 g/mol. The summed E-state index contributed by atoms with van der Waals surface area (Å²) >= 11 is 0. The molecule has 2 aliphatic heterocycles. The molecule has 0 bridgehead atoms. The summed E-state index contributed by atoms with van der Waals surface area (Å²) in [7, 11) is 2.06. The molecule has 2 saturated heterocycles. The molecule has 3 heteroatoms. The molecule has 2 aliphatic rings. The van der Waals surface area contributed by atoms with Crippen LogP contribution in [0.25, 0.3) is 0 Å². The lowest BCUT2D eigenvalue weighted by Crippen LogP contribution is -2.49. The van der Waals surface area contributed by atoms with Crippen molar-refractivity contribution >= 4 is 0 Å². The van der Waals surface area contributed by atoms with E-state index in [1.165, 1.54) is 38.6 Å². The highest BCUT2D eigenvalue weighted by atomic mass is 16.5. The minimum atomic E-state index is 0.708. The summed E-state index contributed by atoms with van der Waals surface area (Å²) in [5, 5.41) is 3.29. The zero-order chi connectivity index (χ0) is 12.1. The van der Waals surface area contributed by atoms with Crippen LogP contribution in [0.4, 0.5) is 0 Å². The first-order chi connectivity index (χ1) is 8.33. The molecular formula is C14H28N2O. The third-order valence-electron chi connectivity index (χ3n) is 4.57. The van der Waals surface area contributed by atoms with Crippen LogP contribution < -0.4 is 5.32 Å². The second-order valence-electron chi connectivity index (χ2n) is 5.64. The monoisotopic (exact) mass is 240 g/mol.